The number of nitrogens with zero attached hydrogens (tertiary/aromatic N) is 3. The summed E-state index contributed by atoms with van der Waals surface area (Å²) >= 11 is 0. The summed E-state index contributed by atoms with van der Waals surface area (Å²) < 4.78 is 1.70. The number of rotatable bonds is 2. The Morgan fingerprint density at radius 1 is 1.70 bits per heavy atom. The molecule has 1 rings (SSSR count). The average Bonchev–Trinajstić information content (AvgIpc) is 2.34. The molecule has 1 N–H and O–H groups in total. The minimum atomic E-state index is 0.237. The van der Waals surface area contributed by atoms with Gasteiger partial charge < -0.3 is 5.32 Å². The summed E-state index contributed by atoms with van der Waals surface area (Å²) in [5.41, 5.74) is 0. The Kier molecular flexibility index (Phi) is 2.01. The summed E-state index contributed by atoms with van der Waals surface area (Å²) in [5.74, 6) is 0.838. The zero-order chi connectivity index (χ0) is 7.56. The highest BCUT2D eigenvalue weighted by Crippen LogP contribution is 2.02. The first-order valence-corrected chi connectivity index (χ1v) is 3.27. The SMILES string of the molecule is CNC(C)c1ncn(C)n1. The highest BCUT2D eigenvalue weighted by atomic mass is 15.3. The van der Waals surface area contributed by atoms with Gasteiger partial charge in [-0.05, 0) is 14.0 Å². The lowest BCUT2D eigenvalue weighted by Crippen LogP contribution is -2.14. The van der Waals surface area contributed by atoms with Gasteiger partial charge in [0, 0.05) is 7.05 Å². The van der Waals surface area contributed by atoms with Crippen LogP contribution in [0.15, 0.2) is 6.33 Å². The van der Waals surface area contributed by atoms with Gasteiger partial charge in [0.25, 0.3) is 0 Å². The van der Waals surface area contributed by atoms with Crippen molar-refractivity contribution in [2.45, 2.75) is 13.0 Å². The summed E-state index contributed by atoms with van der Waals surface area (Å²) in [5, 5.41) is 7.18. The third kappa shape index (κ3) is 1.33. The number of nitrogens with one attached hydrogen (secondary N) is 1. The van der Waals surface area contributed by atoms with E-state index in [2.05, 4.69) is 15.4 Å². The maximum atomic E-state index is 4.12. The van der Waals surface area contributed by atoms with Crippen LogP contribution in [0.1, 0.15) is 18.8 Å². The van der Waals surface area contributed by atoms with Crippen LogP contribution in [0.3, 0.4) is 0 Å². The first kappa shape index (κ1) is 7.21. The van der Waals surface area contributed by atoms with Gasteiger partial charge in [0.15, 0.2) is 5.82 Å². The largest absolute Gasteiger partial charge is 0.311 e. The predicted molar refractivity (Wildman–Crippen MR) is 38.5 cm³/mol. The first-order valence-electron chi connectivity index (χ1n) is 3.27. The van der Waals surface area contributed by atoms with Crippen LogP contribution in [0.5, 0.6) is 0 Å². The summed E-state index contributed by atoms with van der Waals surface area (Å²) in [7, 11) is 3.75. The molecule has 0 spiro atoms. The van der Waals surface area contributed by atoms with Gasteiger partial charge >= 0.3 is 0 Å². The van der Waals surface area contributed by atoms with Crippen molar-refractivity contribution in [2.75, 3.05) is 7.05 Å². The van der Waals surface area contributed by atoms with Crippen molar-refractivity contribution in [3.63, 3.8) is 0 Å². The highest BCUT2D eigenvalue weighted by Gasteiger charge is 2.05. The molecule has 1 aromatic heterocycles. The number of aromatic nitrogens is 3. The molecule has 0 fully saturated rings. The quantitative estimate of drug-likeness (QED) is 0.633. The van der Waals surface area contributed by atoms with E-state index in [1.165, 1.54) is 0 Å². The van der Waals surface area contributed by atoms with Gasteiger partial charge in [-0.15, -0.1) is 0 Å². The van der Waals surface area contributed by atoms with Crippen LogP contribution in [-0.4, -0.2) is 21.8 Å². The molecule has 10 heavy (non-hydrogen) atoms. The van der Waals surface area contributed by atoms with Crippen LogP contribution in [0, 0.1) is 0 Å². The third-order valence-electron chi connectivity index (χ3n) is 1.44. The van der Waals surface area contributed by atoms with Gasteiger partial charge in [0.1, 0.15) is 6.33 Å². The molecule has 0 radical (unpaired) electrons. The molecule has 1 atom stereocenters. The normalized spacial score (nSPS) is 13.5. The Hall–Kier alpha value is -0.900. The summed E-state index contributed by atoms with van der Waals surface area (Å²) in [6.07, 6.45) is 1.70. The van der Waals surface area contributed by atoms with Gasteiger partial charge in [-0.1, -0.05) is 0 Å². The van der Waals surface area contributed by atoms with E-state index in [1.54, 1.807) is 11.0 Å². The van der Waals surface area contributed by atoms with Crippen LogP contribution in [-0.2, 0) is 7.05 Å². The standard InChI is InChI=1S/C6H12N4/c1-5(7-2)6-8-4-10(3)9-6/h4-5,7H,1-3H3. The Morgan fingerprint density at radius 3 is 2.80 bits per heavy atom. The predicted octanol–water partition coefficient (Wildman–Crippen LogP) is 0.0955. The minimum Gasteiger partial charge on any atom is -0.311 e. The lowest BCUT2D eigenvalue weighted by molar-refractivity contribution is 0.600. The Balaban J connectivity index is 2.74. The molecular weight excluding hydrogens is 128 g/mol. The van der Waals surface area contributed by atoms with Crippen LogP contribution in [0.2, 0.25) is 0 Å². The van der Waals surface area contributed by atoms with E-state index in [1.807, 2.05) is 21.0 Å². The Bertz CT molecular complexity index is 205. The van der Waals surface area contributed by atoms with Crippen LogP contribution in [0.25, 0.3) is 0 Å². The van der Waals surface area contributed by atoms with Crippen molar-refractivity contribution < 1.29 is 0 Å². The fourth-order valence-electron chi connectivity index (χ4n) is 0.683. The third-order valence-corrected chi connectivity index (χ3v) is 1.44. The van der Waals surface area contributed by atoms with Gasteiger partial charge in [0.05, 0.1) is 6.04 Å². The number of hydrogen-bond acceptors (Lipinski definition) is 3. The van der Waals surface area contributed by atoms with Gasteiger partial charge in [-0.25, -0.2) is 4.98 Å². The maximum absolute atomic E-state index is 4.12. The van der Waals surface area contributed by atoms with Crippen LogP contribution >= 0.6 is 0 Å². The van der Waals surface area contributed by atoms with Crippen molar-refractivity contribution >= 4 is 0 Å². The second kappa shape index (κ2) is 2.79. The highest BCUT2D eigenvalue weighted by molar-refractivity contribution is 4.88. The van der Waals surface area contributed by atoms with Gasteiger partial charge in [-0.2, -0.15) is 5.10 Å². The number of aryl methyl sites for hydroxylation is 1. The van der Waals surface area contributed by atoms with E-state index in [-0.39, 0.29) is 6.04 Å². The lowest BCUT2D eigenvalue weighted by atomic mass is 10.3. The molecular formula is C6H12N4. The molecule has 4 nitrogen and oxygen atoms in total. The molecule has 0 aliphatic heterocycles. The number of hydrogen-bond donors (Lipinski definition) is 1. The second-order valence-electron chi connectivity index (χ2n) is 2.29. The monoisotopic (exact) mass is 140 g/mol. The molecule has 0 aromatic carbocycles. The fraction of sp³-hybridized carbons (Fsp3) is 0.667. The van der Waals surface area contributed by atoms with Crippen molar-refractivity contribution in [3.8, 4) is 0 Å². The lowest BCUT2D eigenvalue weighted by Gasteiger charge is -2.02. The average molecular weight is 140 g/mol. The van der Waals surface area contributed by atoms with Crippen molar-refractivity contribution in [2.24, 2.45) is 7.05 Å². The summed E-state index contributed by atoms with van der Waals surface area (Å²) in [4.78, 5) is 4.08. The molecule has 0 saturated carbocycles. The van der Waals surface area contributed by atoms with Crippen molar-refractivity contribution in [1.82, 2.24) is 20.1 Å². The van der Waals surface area contributed by atoms with E-state index < -0.39 is 0 Å². The molecule has 1 heterocycles. The van der Waals surface area contributed by atoms with E-state index in [0.29, 0.717) is 0 Å². The van der Waals surface area contributed by atoms with Gasteiger partial charge in [-0.3, -0.25) is 4.68 Å². The summed E-state index contributed by atoms with van der Waals surface area (Å²) in [6.45, 7) is 2.02. The van der Waals surface area contributed by atoms with Gasteiger partial charge in [0.2, 0.25) is 0 Å². The molecule has 0 aliphatic rings. The van der Waals surface area contributed by atoms with Crippen molar-refractivity contribution in [3.05, 3.63) is 12.2 Å². The van der Waals surface area contributed by atoms with Crippen molar-refractivity contribution in [1.29, 1.82) is 0 Å². The van der Waals surface area contributed by atoms with E-state index in [4.69, 9.17) is 0 Å². The molecule has 0 amide bonds. The topological polar surface area (TPSA) is 42.7 Å². The summed E-state index contributed by atoms with van der Waals surface area (Å²) in [6, 6.07) is 0.237. The molecule has 0 aliphatic carbocycles. The van der Waals surface area contributed by atoms with Crippen LogP contribution in [0.4, 0.5) is 0 Å². The second-order valence-corrected chi connectivity index (χ2v) is 2.29. The molecule has 4 heteroatoms. The molecule has 1 aromatic rings. The first-order chi connectivity index (χ1) is 4.74. The molecule has 0 saturated heterocycles. The fourth-order valence-corrected chi connectivity index (χ4v) is 0.683. The molecule has 56 valence electrons. The van der Waals surface area contributed by atoms with E-state index >= 15 is 0 Å². The minimum absolute atomic E-state index is 0.237. The zero-order valence-electron chi connectivity index (χ0n) is 6.50. The Morgan fingerprint density at radius 2 is 2.40 bits per heavy atom. The van der Waals surface area contributed by atoms with Crippen LogP contribution < -0.4 is 5.32 Å². The zero-order valence-corrected chi connectivity index (χ0v) is 6.50. The smallest absolute Gasteiger partial charge is 0.167 e. The van der Waals surface area contributed by atoms with E-state index in [0.717, 1.165) is 5.82 Å². The maximum Gasteiger partial charge on any atom is 0.167 e. The molecule has 1 unspecified atom stereocenters. The Labute approximate surface area is 60.3 Å². The van der Waals surface area contributed by atoms with E-state index in [9.17, 15) is 0 Å². The molecule has 0 bridgehead atoms.